The first kappa shape index (κ1) is 13.6. The van der Waals surface area contributed by atoms with Gasteiger partial charge in [0.1, 0.15) is 5.60 Å². The van der Waals surface area contributed by atoms with Crippen molar-refractivity contribution >= 4 is 10.9 Å². The number of aromatic nitrogens is 1. The van der Waals surface area contributed by atoms with Crippen molar-refractivity contribution in [3.63, 3.8) is 0 Å². The van der Waals surface area contributed by atoms with Crippen molar-refractivity contribution in [3.05, 3.63) is 35.5 Å². The highest BCUT2D eigenvalue weighted by molar-refractivity contribution is 5.85. The van der Waals surface area contributed by atoms with E-state index >= 15 is 0 Å². The molecule has 1 saturated heterocycles. The number of hydrogen-bond donors (Lipinski definition) is 2. The molecular weight excluding hydrogens is 286 g/mol. The standard InChI is InChI=1S/C19H21N3O/c20-11-13-12-22-10-7-15-14-5-1-2-6-16(14)21-17(15)18(22)8-3-4-9-19(13,18)23/h1-2,5-6,13,21,23H,3-4,7-10,12H2. The minimum Gasteiger partial charge on any atom is -0.386 e. The summed E-state index contributed by atoms with van der Waals surface area (Å²) in [4.78, 5) is 6.04. The molecule has 2 aromatic rings. The van der Waals surface area contributed by atoms with E-state index in [1.165, 1.54) is 16.6 Å². The molecule has 2 N–H and O–H groups in total. The van der Waals surface area contributed by atoms with Crippen molar-refractivity contribution in [2.75, 3.05) is 13.1 Å². The molecule has 2 aliphatic heterocycles. The maximum atomic E-state index is 11.6. The van der Waals surface area contributed by atoms with Crippen LogP contribution in [-0.2, 0) is 12.0 Å². The molecule has 1 aromatic heterocycles. The van der Waals surface area contributed by atoms with Gasteiger partial charge in [0.25, 0.3) is 0 Å². The van der Waals surface area contributed by atoms with E-state index in [0.717, 1.165) is 44.2 Å². The highest BCUT2D eigenvalue weighted by Crippen LogP contribution is 2.59. The van der Waals surface area contributed by atoms with Crippen LogP contribution in [-0.4, -0.2) is 33.7 Å². The molecule has 0 amide bonds. The summed E-state index contributed by atoms with van der Waals surface area (Å²) in [6, 6.07) is 10.8. The molecule has 3 unspecified atom stereocenters. The molecule has 3 heterocycles. The second-order valence-electron chi connectivity index (χ2n) is 7.39. The molecule has 23 heavy (non-hydrogen) atoms. The lowest BCUT2D eigenvalue weighted by molar-refractivity contribution is -0.113. The fourth-order valence-electron chi connectivity index (χ4n) is 5.61. The minimum absolute atomic E-state index is 0.292. The van der Waals surface area contributed by atoms with Crippen LogP contribution in [0.5, 0.6) is 0 Å². The Morgan fingerprint density at radius 3 is 2.96 bits per heavy atom. The summed E-state index contributed by atoms with van der Waals surface area (Å²) in [6.45, 7) is 1.64. The van der Waals surface area contributed by atoms with Crippen LogP contribution in [0.4, 0.5) is 0 Å². The number of benzene rings is 1. The number of rotatable bonds is 0. The number of nitriles is 1. The Kier molecular flexibility index (Phi) is 2.58. The van der Waals surface area contributed by atoms with Gasteiger partial charge in [-0.1, -0.05) is 31.0 Å². The first-order valence-corrected chi connectivity index (χ1v) is 8.68. The van der Waals surface area contributed by atoms with Gasteiger partial charge in [0.05, 0.1) is 17.5 Å². The normalized spacial score (nSPS) is 36.3. The van der Waals surface area contributed by atoms with Crippen LogP contribution in [0.2, 0.25) is 0 Å². The molecule has 3 atom stereocenters. The summed E-state index contributed by atoms with van der Waals surface area (Å²) in [7, 11) is 0. The van der Waals surface area contributed by atoms with Gasteiger partial charge in [0.15, 0.2) is 0 Å². The quantitative estimate of drug-likeness (QED) is 0.786. The molecule has 2 fully saturated rings. The van der Waals surface area contributed by atoms with Crippen molar-refractivity contribution < 1.29 is 5.11 Å². The second kappa shape index (κ2) is 4.37. The van der Waals surface area contributed by atoms with Crippen molar-refractivity contribution in [2.24, 2.45) is 5.92 Å². The van der Waals surface area contributed by atoms with Crippen molar-refractivity contribution in [3.8, 4) is 6.07 Å². The predicted octanol–water partition coefficient (Wildman–Crippen LogP) is 2.68. The van der Waals surface area contributed by atoms with E-state index in [1.807, 2.05) is 0 Å². The average Bonchev–Trinajstić information content (AvgIpc) is 3.08. The van der Waals surface area contributed by atoms with Crippen LogP contribution >= 0.6 is 0 Å². The fraction of sp³-hybridized carbons (Fsp3) is 0.526. The van der Waals surface area contributed by atoms with Gasteiger partial charge in [-0.15, -0.1) is 0 Å². The third-order valence-corrected chi connectivity index (χ3v) is 6.60. The van der Waals surface area contributed by atoms with E-state index < -0.39 is 11.1 Å². The zero-order valence-electron chi connectivity index (χ0n) is 13.2. The number of hydrogen-bond acceptors (Lipinski definition) is 3. The Hall–Kier alpha value is -1.83. The second-order valence-corrected chi connectivity index (χ2v) is 7.39. The van der Waals surface area contributed by atoms with Gasteiger partial charge in [0, 0.05) is 29.7 Å². The molecule has 4 nitrogen and oxygen atoms in total. The fourth-order valence-corrected chi connectivity index (χ4v) is 5.61. The SMILES string of the molecule is N#CC1CN2CCc3c([nH]c4ccccc34)C23CCCCC13O. The van der Waals surface area contributed by atoms with Crippen LogP contribution in [0, 0.1) is 17.2 Å². The lowest BCUT2D eigenvalue weighted by Crippen LogP contribution is -2.60. The van der Waals surface area contributed by atoms with Gasteiger partial charge >= 0.3 is 0 Å². The summed E-state index contributed by atoms with van der Waals surface area (Å²) >= 11 is 0. The van der Waals surface area contributed by atoms with E-state index in [1.54, 1.807) is 0 Å². The van der Waals surface area contributed by atoms with Gasteiger partial charge < -0.3 is 10.1 Å². The third kappa shape index (κ3) is 1.43. The van der Waals surface area contributed by atoms with E-state index in [2.05, 4.69) is 40.2 Å². The van der Waals surface area contributed by atoms with Crippen molar-refractivity contribution in [1.82, 2.24) is 9.88 Å². The van der Waals surface area contributed by atoms with Crippen molar-refractivity contribution in [2.45, 2.75) is 43.2 Å². The summed E-state index contributed by atoms with van der Waals surface area (Å²) in [5.74, 6) is -0.292. The van der Waals surface area contributed by atoms with Gasteiger partial charge in [-0.3, -0.25) is 4.90 Å². The molecule has 5 rings (SSSR count). The number of para-hydroxylation sites is 1. The molecule has 0 radical (unpaired) electrons. The molecule has 1 saturated carbocycles. The zero-order chi connectivity index (χ0) is 15.7. The third-order valence-electron chi connectivity index (χ3n) is 6.60. The maximum Gasteiger partial charge on any atom is 0.106 e. The van der Waals surface area contributed by atoms with E-state index in [9.17, 15) is 10.4 Å². The Morgan fingerprint density at radius 1 is 1.26 bits per heavy atom. The molecule has 1 aromatic carbocycles. The molecular formula is C19H21N3O. The van der Waals surface area contributed by atoms with Crippen LogP contribution in [0.3, 0.4) is 0 Å². The van der Waals surface area contributed by atoms with E-state index in [-0.39, 0.29) is 5.92 Å². The number of nitrogens with zero attached hydrogens (tertiary/aromatic N) is 2. The lowest BCUT2D eigenvalue weighted by Gasteiger charge is -2.52. The summed E-state index contributed by atoms with van der Waals surface area (Å²) in [6.07, 6.45) is 4.80. The monoisotopic (exact) mass is 307 g/mol. The Balaban J connectivity index is 1.82. The molecule has 4 heteroatoms. The first-order valence-electron chi connectivity index (χ1n) is 8.68. The summed E-state index contributed by atoms with van der Waals surface area (Å²) in [5.41, 5.74) is 2.39. The maximum absolute atomic E-state index is 11.6. The summed E-state index contributed by atoms with van der Waals surface area (Å²) in [5, 5.41) is 22.6. The molecule has 1 aliphatic carbocycles. The smallest absolute Gasteiger partial charge is 0.106 e. The topological polar surface area (TPSA) is 63.0 Å². The first-order chi connectivity index (χ1) is 11.2. The molecule has 0 bridgehead atoms. The molecule has 1 spiro atoms. The van der Waals surface area contributed by atoms with Gasteiger partial charge in [-0.25, -0.2) is 0 Å². The van der Waals surface area contributed by atoms with Crippen LogP contribution < -0.4 is 0 Å². The van der Waals surface area contributed by atoms with Crippen LogP contribution in [0.1, 0.15) is 36.9 Å². The van der Waals surface area contributed by atoms with Gasteiger partial charge in [0.2, 0.25) is 0 Å². The highest BCUT2D eigenvalue weighted by atomic mass is 16.3. The largest absolute Gasteiger partial charge is 0.386 e. The minimum atomic E-state index is -0.921. The number of fused-ring (bicyclic) bond motifs is 3. The van der Waals surface area contributed by atoms with Crippen LogP contribution in [0.15, 0.2) is 24.3 Å². The van der Waals surface area contributed by atoms with Gasteiger partial charge in [-0.05, 0) is 30.9 Å². The molecule has 118 valence electrons. The average molecular weight is 307 g/mol. The van der Waals surface area contributed by atoms with E-state index in [0.29, 0.717) is 6.54 Å². The van der Waals surface area contributed by atoms with Crippen LogP contribution in [0.25, 0.3) is 10.9 Å². The predicted molar refractivity (Wildman–Crippen MR) is 87.8 cm³/mol. The number of H-pyrrole nitrogens is 1. The summed E-state index contributed by atoms with van der Waals surface area (Å²) < 4.78 is 0. The molecule has 3 aliphatic rings. The van der Waals surface area contributed by atoms with E-state index in [4.69, 9.17) is 0 Å². The van der Waals surface area contributed by atoms with Crippen molar-refractivity contribution in [1.29, 1.82) is 5.26 Å². The number of aliphatic hydroxyl groups is 1. The lowest BCUT2D eigenvalue weighted by atomic mass is 9.63. The number of aromatic amines is 1. The zero-order valence-corrected chi connectivity index (χ0v) is 13.2. The Labute approximate surface area is 135 Å². The Morgan fingerprint density at radius 2 is 2.09 bits per heavy atom. The highest BCUT2D eigenvalue weighted by Gasteiger charge is 2.67. The number of nitrogens with one attached hydrogen (secondary N) is 1. The van der Waals surface area contributed by atoms with Gasteiger partial charge in [-0.2, -0.15) is 5.26 Å². The Bertz CT molecular complexity index is 835.